The number of amides is 3. The van der Waals surface area contributed by atoms with Crippen LogP contribution in [0.4, 0.5) is 10.1 Å². The Balaban J connectivity index is 1.85. The highest BCUT2D eigenvalue weighted by molar-refractivity contribution is 5.91. The SMILES string of the molecule is CCCC(=O)Nc1ccc2c(c1)CN(C(=O)Cc1ccc(F)cc1)[C@H](C(=O)N(C)C)C2. The molecule has 31 heavy (non-hydrogen) atoms. The molecule has 0 saturated carbocycles. The lowest BCUT2D eigenvalue weighted by Crippen LogP contribution is -2.52. The molecule has 3 rings (SSSR count). The number of anilines is 1. The largest absolute Gasteiger partial charge is 0.347 e. The van der Waals surface area contributed by atoms with Crippen LogP contribution in [0.5, 0.6) is 0 Å². The second-order valence-electron chi connectivity index (χ2n) is 8.06. The Morgan fingerprint density at radius 2 is 1.81 bits per heavy atom. The molecule has 0 aliphatic carbocycles. The molecule has 164 valence electrons. The van der Waals surface area contributed by atoms with Gasteiger partial charge < -0.3 is 15.1 Å². The van der Waals surface area contributed by atoms with E-state index in [1.165, 1.54) is 17.0 Å². The number of carbonyl (C=O) groups is 3. The van der Waals surface area contributed by atoms with Crippen LogP contribution in [0.15, 0.2) is 42.5 Å². The fourth-order valence-electron chi connectivity index (χ4n) is 3.77. The van der Waals surface area contributed by atoms with E-state index < -0.39 is 6.04 Å². The zero-order chi connectivity index (χ0) is 22.5. The van der Waals surface area contributed by atoms with Crippen LogP contribution in [0.1, 0.15) is 36.5 Å². The highest BCUT2D eigenvalue weighted by Crippen LogP contribution is 2.28. The Kier molecular flexibility index (Phi) is 7.05. The van der Waals surface area contributed by atoms with E-state index >= 15 is 0 Å². The van der Waals surface area contributed by atoms with Gasteiger partial charge in [-0.25, -0.2) is 4.39 Å². The number of rotatable bonds is 6. The van der Waals surface area contributed by atoms with Crippen LogP contribution in [0.25, 0.3) is 0 Å². The van der Waals surface area contributed by atoms with Gasteiger partial charge in [0.25, 0.3) is 0 Å². The van der Waals surface area contributed by atoms with Crippen molar-refractivity contribution in [2.45, 2.75) is 45.2 Å². The van der Waals surface area contributed by atoms with Crippen LogP contribution in [-0.2, 0) is 33.8 Å². The highest BCUT2D eigenvalue weighted by Gasteiger charge is 2.35. The topological polar surface area (TPSA) is 69.7 Å². The van der Waals surface area contributed by atoms with E-state index in [1.54, 1.807) is 31.1 Å². The molecule has 1 aliphatic rings. The van der Waals surface area contributed by atoms with Gasteiger partial charge in [0.2, 0.25) is 17.7 Å². The van der Waals surface area contributed by atoms with E-state index in [9.17, 15) is 18.8 Å². The van der Waals surface area contributed by atoms with E-state index in [0.717, 1.165) is 17.5 Å². The molecule has 0 saturated heterocycles. The number of benzene rings is 2. The van der Waals surface area contributed by atoms with Crippen LogP contribution >= 0.6 is 0 Å². The molecule has 1 N–H and O–H groups in total. The number of fused-ring (bicyclic) bond motifs is 1. The number of nitrogens with one attached hydrogen (secondary N) is 1. The lowest BCUT2D eigenvalue weighted by atomic mass is 9.92. The summed E-state index contributed by atoms with van der Waals surface area (Å²) < 4.78 is 13.2. The van der Waals surface area contributed by atoms with Gasteiger partial charge in [-0.3, -0.25) is 14.4 Å². The highest BCUT2D eigenvalue weighted by atomic mass is 19.1. The van der Waals surface area contributed by atoms with Crippen molar-refractivity contribution >= 4 is 23.4 Å². The average molecular weight is 426 g/mol. The van der Waals surface area contributed by atoms with Crippen LogP contribution in [0, 0.1) is 5.82 Å². The summed E-state index contributed by atoms with van der Waals surface area (Å²) in [4.78, 5) is 41.0. The standard InChI is InChI=1S/C24H28FN3O3/c1-4-5-22(29)26-20-11-8-17-14-21(24(31)27(2)3)28(15-18(17)13-20)23(30)12-16-6-9-19(25)10-7-16/h6-11,13,21H,4-5,12,14-15H2,1-3H3,(H,26,29)/t21-/m0/s1. The fraction of sp³-hybridized carbons (Fsp3) is 0.375. The Morgan fingerprint density at radius 3 is 2.45 bits per heavy atom. The van der Waals surface area contributed by atoms with Crippen LogP contribution in [0.3, 0.4) is 0 Å². The summed E-state index contributed by atoms with van der Waals surface area (Å²) in [6.07, 6.45) is 1.69. The van der Waals surface area contributed by atoms with Gasteiger partial charge in [-0.2, -0.15) is 0 Å². The van der Waals surface area contributed by atoms with Crippen molar-refractivity contribution in [2.24, 2.45) is 0 Å². The normalized spacial score (nSPS) is 15.2. The second-order valence-corrected chi connectivity index (χ2v) is 8.06. The van der Waals surface area contributed by atoms with E-state index in [4.69, 9.17) is 0 Å². The molecule has 7 heteroatoms. The van der Waals surface area contributed by atoms with Gasteiger partial charge in [0.1, 0.15) is 11.9 Å². The fourth-order valence-corrected chi connectivity index (χ4v) is 3.77. The number of carbonyl (C=O) groups excluding carboxylic acids is 3. The summed E-state index contributed by atoms with van der Waals surface area (Å²) in [7, 11) is 3.35. The van der Waals surface area contributed by atoms with Crippen molar-refractivity contribution in [1.82, 2.24) is 9.80 Å². The van der Waals surface area contributed by atoms with Gasteiger partial charge >= 0.3 is 0 Å². The molecule has 1 heterocycles. The molecule has 0 fully saturated rings. The van der Waals surface area contributed by atoms with E-state index in [-0.39, 0.29) is 36.5 Å². The maximum Gasteiger partial charge on any atom is 0.245 e. The van der Waals surface area contributed by atoms with Gasteiger partial charge in [0, 0.05) is 39.2 Å². The Hall–Kier alpha value is -3.22. The number of likely N-dealkylation sites (N-methyl/N-ethyl adjacent to an activating group) is 1. The maximum absolute atomic E-state index is 13.2. The van der Waals surface area contributed by atoms with Crippen LogP contribution < -0.4 is 5.32 Å². The minimum Gasteiger partial charge on any atom is -0.347 e. The summed E-state index contributed by atoms with van der Waals surface area (Å²) >= 11 is 0. The van der Waals surface area contributed by atoms with Gasteiger partial charge in [-0.05, 0) is 47.4 Å². The first kappa shape index (κ1) is 22.5. The molecule has 2 aromatic carbocycles. The van der Waals surface area contributed by atoms with Gasteiger partial charge in [-0.15, -0.1) is 0 Å². The molecule has 0 bridgehead atoms. The van der Waals surface area contributed by atoms with Crippen molar-refractivity contribution in [3.8, 4) is 0 Å². The molecular formula is C24H28FN3O3. The minimum atomic E-state index is -0.601. The maximum atomic E-state index is 13.2. The molecule has 1 aliphatic heterocycles. The summed E-state index contributed by atoms with van der Waals surface area (Å²) in [5.41, 5.74) is 3.26. The number of hydrogen-bond donors (Lipinski definition) is 1. The summed E-state index contributed by atoms with van der Waals surface area (Å²) in [6.45, 7) is 2.22. The van der Waals surface area contributed by atoms with Crippen molar-refractivity contribution in [3.05, 3.63) is 65.0 Å². The minimum absolute atomic E-state index is 0.0526. The van der Waals surface area contributed by atoms with E-state index in [2.05, 4.69) is 5.32 Å². The van der Waals surface area contributed by atoms with Crippen molar-refractivity contribution in [2.75, 3.05) is 19.4 Å². The number of halogens is 1. The first-order valence-corrected chi connectivity index (χ1v) is 10.4. The zero-order valence-corrected chi connectivity index (χ0v) is 18.2. The molecule has 2 aromatic rings. The van der Waals surface area contributed by atoms with Crippen LogP contribution in [-0.4, -0.2) is 47.7 Å². The van der Waals surface area contributed by atoms with Crippen LogP contribution in [0.2, 0.25) is 0 Å². The average Bonchev–Trinajstić information content (AvgIpc) is 2.74. The van der Waals surface area contributed by atoms with Gasteiger partial charge in [0.05, 0.1) is 6.42 Å². The summed E-state index contributed by atoms with van der Waals surface area (Å²) in [5.74, 6) is -0.749. The third-order valence-corrected chi connectivity index (χ3v) is 5.41. The first-order valence-electron chi connectivity index (χ1n) is 10.4. The van der Waals surface area contributed by atoms with E-state index in [1.807, 2.05) is 25.1 Å². The third kappa shape index (κ3) is 5.48. The smallest absolute Gasteiger partial charge is 0.245 e. The predicted molar refractivity (Wildman–Crippen MR) is 117 cm³/mol. The summed E-state index contributed by atoms with van der Waals surface area (Å²) in [6, 6.07) is 10.8. The predicted octanol–water partition coefficient (Wildman–Crippen LogP) is 3.15. The zero-order valence-electron chi connectivity index (χ0n) is 18.2. The molecule has 0 unspecified atom stereocenters. The monoisotopic (exact) mass is 425 g/mol. The summed E-state index contributed by atoms with van der Waals surface area (Å²) in [5, 5.41) is 2.88. The number of hydrogen-bond acceptors (Lipinski definition) is 3. The van der Waals surface area contributed by atoms with Gasteiger partial charge in [-0.1, -0.05) is 25.1 Å². The molecule has 0 aromatic heterocycles. The van der Waals surface area contributed by atoms with Crippen molar-refractivity contribution < 1.29 is 18.8 Å². The second kappa shape index (κ2) is 9.73. The molecule has 6 nitrogen and oxygen atoms in total. The third-order valence-electron chi connectivity index (χ3n) is 5.41. The van der Waals surface area contributed by atoms with Gasteiger partial charge in [0.15, 0.2) is 0 Å². The molecule has 3 amide bonds. The van der Waals surface area contributed by atoms with E-state index in [0.29, 0.717) is 24.1 Å². The Labute approximate surface area is 182 Å². The number of nitrogens with zero attached hydrogens (tertiary/aromatic N) is 2. The molecule has 0 spiro atoms. The molecular weight excluding hydrogens is 397 g/mol. The van der Waals surface area contributed by atoms with Crippen molar-refractivity contribution in [1.29, 1.82) is 0 Å². The lowest BCUT2D eigenvalue weighted by molar-refractivity contribution is -0.145. The molecule has 0 radical (unpaired) electrons. The first-order chi connectivity index (χ1) is 14.8. The quantitative estimate of drug-likeness (QED) is 0.773. The van der Waals surface area contributed by atoms with Crippen molar-refractivity contribution in [3.63, 3.8) is 0 Å². The Bertz CT molecular complexity index is 973. The Morgan fingerprint density at radius 1 is 1.10 bits per heavy atom. The molecule has 1 atom stereocenters. The lowest BCUT2D eigenvalue weighted by Gasteiger charge is -2.37.